The third-order valence-electron chi connectivity index (χ3n) is 3.21. The molecule has 92 valence electrons. The van der Waals surface area contributed by atoms with Crippen LogP contribution in [0.3, 0.4) is 0 Å². The van der Waals surface area contributed by atoms with Crippen LogP contribution in [0, 0.1) is 5.92 Å². The molecular formula is C11H20O4Si. The Balaban J connectivity index is 1.39. The summed E-state index contributed by atoms with van der Waals surface area (Å²) in [4.78, 5) is 0. The minimum absolute atomic E-state index is 0.313. The SMILES string of the molecule is COCOCO[Si]CCC1CCC2OC2C1. The van der Waals surface area contributed by atoms with Crippen molar-refractivity contribution in [2.45, 2.75) is 43.9 Å². The Morgan fingerprint density at radius 3 is 3.00 bits per heavy atom. The molecule has 3 unspecified atom stereocenters. The first-order valence-corrected chi connectivity index (χ1v) is 7.08. The van der Waals surface area contributed by atoms with Gasteiger partial charge in [-0.3, -0.25) is 0 Å². The fourth-order valence-electron chi connectivity index (χ4n) is 2.28. The largest absolute Gasteiger partial charge is 0.395 e. The van der Waals surface area contributed by atoms with Crippen molar-refractivity contribution in [2.24, 2.45) is 5.92 Å². The first kappa shape index (κ1) is 12.5. The van der Waals surface area contributed by atoms with Crippen LogP contribution >= 0.6 is 0 Å². The maximum absolute atomic E-state index is 5.52. The van der Waals surface area contributed by atoms with Crippen molar-refractivity contribution in [3.8, 4) is 0 Å². The molecule has 0 aromatic carbocycles. The highest BCUT2D eigenvalue weighted by Crippen LogP contribution is 2.40. The Morgan fingerprint density at radius 1 is 1.25 bits per heavy atom. The highest BCUT2D eigenvalue weighted by atomic mass is 28.2. The molecule has 2 radical (unpaired) electrons. The van der Waals surface area contributed by atoms with E-state index in [4.69, 9.17) is 18.6 Å². The minimum Gasteiger partial charge on any atom is -0.395 e. The first-order chi connectivity index (χ1) is 7.90. The number of epoxide rings is 1. The van der Waals surface area contributed by atoms with E-state index >= 15 is 0 Å². The summed E-state index contributed by atoms with van der Waals surface area (Å²) in [7, 11) is 2.16. The summed E-state index contributed by atoms with van der Waals surface area (Å²) in [5.41, 5.74) is 0. The average Bonchev–Trinajstić information content (AvgIpc) is 3.06. The van der Waals surface area contributed by atoms with Gasteiger partial charge in [-0.25, -0.2) is 0 Å². The number of methoxy groups -OCH3 is 1. The molecule has 0 bridgehead atoms. The van der Waals surface area contributed by atoms with Gasteiger partial charge in [0.1, 0.15) is 13.6 Å². The Bertz CT molecular complexity index is 202. The molecule has 4 nitrogen and oxygen atoms in total. The molecule has 2 fully saturated rings. The highest BCUT2D eigenvalue weighted by molar-refractivity contribution is 6.26. The highest BCUT2D eigenvalue weighted by Gasteiger charge is 2.43. The van der Waals surface area contributed by atoms with Crippen molar-refractivity contribution in [1.82, 2.24) is 0 Å². The number of hydrogen-bond acceptors (Lipinski definition) is 4. The molecule has 0 aromatic heterocycles. The third-order valence-corrected chi connectivity index (χ3v) is 4.03. The van der Waals surface area contributed by atoms with Gasteiger partial charge in [-0.05, 0) is 31.2 Å². The molecule has 0 spiro atoms. The third kappa shape index (κ3) is 4.14. The van der Waals surface area contributed by atoms with Crippen molar-refractivity contribution in [2.75, 3.05) is 20.7 Å². The molecule has 1 saturated heterocycles. The predicted octanol–water partition coefficient (Wildman–Crippen LogP) is 1.58. The summed E-state index contributed by atoms with van der Waals surface area (Å²) < 4.78 is 20.7. The summed E-state index contributed by atoms with van der Waals surface area (Å²) in [6.45, 7) is 0.665. The molecule has 0 N–H and O–H groups in total. The summed E-state index contributed by atoms with van der Waals surface area (Å²) in [5, 5.41) is 0. The van der Waals surface area contributed by atoms with Crippen LogP contribution in [-0.4, -0.2) is 42.7 Å². The molecule has 3 atom stereocenters. The van der Waals surface area contributed by atoms with Crippen molar-refractivity contribution < 1.29 is 18.6 Å². The molecular weight excluding hydrogens is 224 g/mol. The Morgan fingerprint density at radius 2 is 2.19 bits per heavy atom. The predicted molar refractivity (Wildman–Crippen MR) is 60.1 cm³/mol. The van der Waals surface area contributed by atoms with E-state index in [1.807, 2.05) is 0 Å². The Kier molecular flexibility index (Phi) is 5.25. The average molecular weight is 244 g/mol. The second kappa shape index (κ2) is 6.71. The first-order valence-electron chi connectivity index (χ1n) is 5.97. The minimum atomic E-state index is 0.313. The molecule has 1 aliphatic carbocycles. The van der Waals surface area contributed by atoms with Gasteiger partial charge in [0.15, 0.2) is 0 Å². The molecule has 5 heteroatoms. The standard InChI is InChI=1S/C11H20O4Si/c1-12-7-13-8-14-16-5-4-9-2-3-10-11(6-9)15-10/h9-11H,2-8H2,1H3. The molecule has 2 rings (SSSR count). The monoisotopic (exact) mass is 244 g/mol. The zero-order valence-corrected chi connectivity index (χ0v) is 10.8. The normalized spacial score (nSPS) is 32.4. The van der Waals surface area contributed by atoms with Gasteiger partial charge in [-0.2, -0.15) is 0 Å². The van der Waals surface area contributed by atoms with E-state index in [-0.39, 0.29) is 0 Å². The lowest BCUT2D eigenvalue weighted by atomic mass is 9.88. The van der Waals surface area contributed by atoms with E-state index in [9.17, 15) is 0 Å². The van der Waals surface area contributed by atoms with E-state index < -0.39 is 0 Å². The summed E-state index contributed by atoms with van der Waals surface area (Å²) in [5.74, 6) is 0.861. The maximum atomic E-state index is 5.52. The van der Waals surface area contributed by atoms with Gasteiger partial charge in [0.05, 0.1) is 12.2 Å². The van der Waals surface area contributed by atoms with Crippen LogP contribution in [0.25, 0.3) is 0 Å². The number of hydrogen-bond donors (Lipinski definition) is 0. The lowest BCUT2D eigenvalue weighted by molar-refractivity contribution is -0.0833. The van der Waals surface area contributed by atoms with Gasteiger partial charge in [-0.1, -0.05) is 6.42 Å². The van der Waals surface area contributed by atoms with Gasteiger partial charge < -0.3 is 18.6 Å². The molecule has 16 heavy (non-hydrogen) atoms. The maximum Gasteiger partial charge on any atom is 0.232 e. The lowest BCUT2D eigenvalue weighted by Crippen LogP contribution is -2.14. The van der Waals surface area contributed by atoms with E-state index in [0.717, 1.165) is 12.0 Å². The summed E-state index contributed by atoms with van der Waals surface area (Å²) >= 11 is 0. The van der Waals surface area contributed by atoms with Crippen LogP contribution in [0.5, 0.6) is 0 Å². The van der Waals surface area contributed by atoms with Crippen molar-refractivity contribution in [1.29, 1.82) is 0 Å². The van der Waals surface area contributed by atoms with Gasteiger partial charge in [0.25, 0.3) is 0 Å². The van der Waals surface area contributed by atoms with Gasteiger partial charge in [0, 0.05) is 7.11 Å². The molecule has 1 saturated carbocycles. The lowest BCUT2D eigenvalue weighted by Gasteiger charge is -2.18. The Hall–Kier alpha value is 0.0569. The fourth-order valence-corrected chi connectivity index (χ4v) is 3.12. The molecule has 0 amide bonds. The number of ether oxygens (including phenoxy) is 3. The zero-order valence-electron chi connectivity index (χ0n) is 9.81. The van der Waals surface area contributed by atoms with E-state index in [1.54, 1.807) is 7.11 Å². The van der Waals surface area contributed by atoms with Crippen LogP contribution in [0.4, 0.5) is 0 Å². The van der Waals surface area contributed by atoms with Crippen LogP contribution in [0.1, 0.15) is 25.7 Å². The number of rotatable bonds is 8. The summed E-state index contributed by atoms with van der Waals surface area (Å²) in [6, 6.07) is 1.15. The smallest absolute Gasteiger partial charge is 0.232 e. The van der Waals surface area contributed by atoms with Crippen LogP contribution < -0.4 is 0 Å². The fraction of sp³-hybridized carbons (Fsp3) is 1.00. The van der Waals surface area contributed by atoms with Crippen LogP contribution in [-0.2, 0) is 18.6 Å². The second-order valence-electron chi connectivity index (χ2n) is 4.45. The second-order valence-corrected chi connectivity index (χ2v) is 5.53. The van der Waals surface area contributed by atoms with E-state index in [1.165, 1.54) is 25.7 Å². The van der Waals surface area contributed by atoms with Gasteiger partial charge in [0.2, 0.25) is 9.76 Å². The van der Waals surface area contributed by atoms with Crippen molar-refractivity contribution in [3.05, 3.63) is 0 Å². The Labute approximate surface area is 99.5 Å². The summed E-state index contributed by atoms with van der Waals surface area (Å²) in [6.07, 6.45) is 6.39. The molecule has 1 aliphatic heterocycles. The van der Waals surface area contributed by atoms with Crippen LogP contribution in [0.15, 0.2) is 0 Å². The van der Waals surface area contributed by atoms with E-state index in [2.05, 4.69) is 0 Å². The molecule has 2 aliphatic rings. The van der Waals surface area contributed by atoms with Crippen molar-refractivity contribution >= 4 is 9.76 Å². The van der Waals surface area contributed by atoms with E-state index in [0.29, 0.717) is 35.6 Å². The topological polar surface area (TPSA) is 40.2 Å². The number of fused-ring (bicyclic) bond motifs is 1. The quantitative estimate of drug-likeness (QED) is 0.281. The van der Waals surface area contributed by atoms with Gasteiger partial charge in [-0.15, -0.1) is 0 Å². The van der Waals surface area contributed by atoms with Gasteiger partial charge >= 0.3 is 0 Å². The van der Waals surface area contributed by atoms with Crippen LogP contribution in [0.2, 0.25) is 6.04 Å². The molecule has 0 aromatic rings. The zero-order chi connectivity index (χ0) is 11.2. The van der Waals surface area contributed by atoms with Crippen molar-refractivity contribution in [3.63, 3.8) is 0 Å². The molecule has 1 heterocycles.